The number of urea groups is 1. The number of carbonyl (C=O) groups excluding carboxylic acids is 1. The van der Waals surface area contributed by atoms with Crippen LogP contribution in [0.4, 0.5) is 16.2 Å². The number of fused-ring (bicyclic) bond motifs is 1. The molecule has 1 aromatic heterocycles. The van der Waals surface area contributed by atoms with Gasteiger partial charge in [-0.25, -0.2) is 9.78 Å². The SMILES string of the molecule is Cc1cc(-n2c(C)nc3ccccc3c2=O)ccc1NC(=O)Nc1ccc(Cl)cc1. The molecular formula is C23H19ClN4O2. The van der Waals surface area contributed by atoms with E-state index >= 15 is 0 Å². The molecule has 4 rings (SSSR count). The van der Waals surface area contributed by atoms with Crippen molar-refractivity contribution < 1.29 is 4.79 Å². The van der Waals surface area contributed by atoms with Crippen LogP contribution in [0.15, 0.2) is 71.5 Å². The summed E-state index contributed by atoms with van der Waals surface area (Å²) in [6.45, 7) is 3.67. The van der Waals surface area contributed by atoms with E-state index in [9.17, 15) is 9.59 Å². The lowest BCUT2D eigenvalue weighted by Gasteiger charge is -2.14. The van der Waals surface area contributed by atoms with Crippen LogP contribution in [0.3, 0.4) is 0 Å². The third-order valence-corrected chi connectivity index (χ3v) is 5.01. The van der Waals surface area contributed by atoms with Gasteiger partial charge in [-0.15, -0.1) is 0 Å². The molecule has 0 spiro atoms. The first-order valence-electron chi connectivity index (χ1n) is 9.35. The lowest BCUT2D eigenvalue weighted by molar-refractivity contribution is 0.262. The second-order valence-electron chi connectivity index (χ2n) is 6.90. The van der Waals surface area contributed by atoms with Gasteiger partial charge in [0.1, 0.15) is 5.82 Å². The first-order chi connectivity index (χ1) is 14.4. The lowest BCUT2D eigenvalue weighted by Crippen LogP contribution is -2.23. The fourth-order valence-electron chi connectivity index (χ4n) is 3.29. The largest absolute Gasteiger partial charge is 0.323 e. The zero-order valence-electron chi connectivity index (χ0n) is 16.4. The molecule has 4 aromatic rings. The quantitative estimate of drug-likeness (QED) is 0.474. The Hall–Kier alpha value is -3.64. The number of nitrogens with one attached hydrogen (secondary N) is 2. The van der Waals surface area contributed by atoms with E-state index in [0.29, 0.717) is 38.8 Å². The Balaban J connectivity index is 1.61. The predicted octanol–water partition coefficient (Wildman–Crippen LogP) is 5.30. The van der Waals surface area contributed by atoms with Crippen molar-refractivity contribution in [2.75, 3.05) is 10.6 Å². The maximum absolute atomic E-state index is 13.0. The highest BCUT2D eigenvalue weighted by Gasteiger charge is 2.12. The topological polar surface area (TPSA) is 76.0 Å². The number of amides is 2. The second kappa shape index (κ2) is 8.00. The molecule has 0 aliphatic heterocycles. The molecule has 0 fully saturated rings. The molecule has 0 saturated heterocycles. The molecule has 3 aromatic carbocycles. The van der Waals surface area contributed by atoms with Crippen LogP contribution in [-0.2, 0) is 0 Å². The van der Waals surface area contributed by atoms with Crippen LogP contribution < -0.4 is 16.2 Å². The molecule has 6 nitrogen and oxygen atoms in total. The van der Waals surface area contributed by atoms with E-state index in [1.54, 1.807) is 54.0 Å². The number of halogens is 1. The summed E-state index contributed by atoms with van der Waals surface area (Å²) < 4.78 is 1.58. The number of carbonyl (C=O) groups is 1. The van der Waals surface area contributed by atoms with Crippen LogP contribution >= 0.6 is 11.6 Å². The molecule has 0 unspecified atom stereocenters. The normalized spacial score (nSPS) is 10.8. The summed E-state index contributed by atoms with van der Waals surface area (Å²) in [7, 11) is 0. The molecule has 7 heteroatoms. The number of para-hydroxylation sites is 1. The molecule has 0 bridgehead atoms. The summed E-state index contributed by atoms with van der Waals surface area (Å²) in [6, 6.07) is 19.2. The minimum Gasteiger partial charge on any atom is -0.308 e. The molecule has 30 heavy (non-hydrogen) atoms. The molecule has 0 saturated carbocycles. The van der Waals surface area contributed by atoms with Gasteiger partial charge in [-0.05, 0) is 74.0 Å². The highest BCUT2D eigenvalue weighted by molar-refractivity contribution is 6.30. The maximum atomic E-state index is 13.0. The molecular weight excluding hydrogens is 400 g/mol. The molecule has 1 heterocycles. The fourth-order valence-corrected chi connectivity index (χ4v) is 3.42. The Morgan fingerprint density at radius 3 is 2.43 bits per heavy atom. The smallest absolute Gasteiger partial charge is 0.308 e. The maximum Gasteiger partial charge on any atom is 0.323 e. The molecule has 2 N–H and O–H groups in total. The van der Waals surface area contributed by atoms with E-state index in [1.165, 1.54) is 0 Å². The van der Waals surface area contributed by atoms with E-state index in [2.05, 4.69) is 15.6 Å². The molecule has 2 amide bonds. The van der Waals surface area contributed by atoms with E-state index in [4.69, 9.17) is 11.6 Å². The van der Waals surface area contributed by atoms with Gasteiger partial charge in [-0.2, -0.15) is 0 Å². The fraction of sp³-hybridized carbons (Fsp3) is 0.0870. The van der Waals surface area contributed by atoms with Crippen LogP contribution in [0.5, 0.6) is 0 Å². The average molecular weight is 419 g/mol. The van der Waals surface area contributed by atoms with Crippen LogP contribution in [-0.4, -0.2) is 15.6 Å². The van der Waals surface area contributed by atoms with Gasteiger partial charge in [-0.1, -0.05) is 23.7 Å². The van der Waals surface area contributed by atoms with E-state index < -0.39 is 0 Å². The van der Waals surface area contributed by atoms with Crippen molar-refractivity contribution in [2.45, 2.75) is 13.8 Å². The number of rotatable bonds is 3. The number of hydrogen-bond donors (Lipinski definition) is 2. The minimum absolute atomic E-state index is 0.126. The Bertz CT molecular complexity index is 1310. The van der Waals surface area contributed by atoms with Gasteiger partial charge < -0.3 is 10.6 Å². The summed E-state index contributed by atoms with van der Waals surface area (Å²) in [5.41, 5.74) is 3.33. The first kappa shape index (κ1) is 19.7. The van der Waals surface area contributed by atoms with Crippen molar-refractivity contribution in [3.63, 3.8) is 0 Å². The van der Waals surface area contributed by atoms with E-state index in [0.717, 1.165) is 5.56 Å². The predicted molar refractivity (Wildman–Crippen MR) is 121 cm³/mol. The number of anilines is 2. The van der Waals surface area contributed by atoms with Gasteiger partial charge in [-0.3, -0.25) is 9.36 Å². The molecule has 150 valence electrons. The zero-order chi connectivity index (χ0) is 21.3. The first-order valence-corrected chi connectivity index (χ1v) is 9.73. The van der Waals surface area contributed by atoms with Crippen molar-refractivity contribution >= 4 is 39.9 Å². The standard InChI is InChI=1S/C23H19ClN4O2/c1-14-13-18(28-15(2)25-21-6-4-3-5-19(21)22(28)29)11-12-20(14)27-23(30)26-17-9-7-16(24)8-10-17/h3-13H,1-2H3,(H2,26,27,30). The lowest BCUT2D eigenvalue weighted by atomic mass is 10.1. The molecule has 0 atom stereocenters. The summed E-state index contributed by atoms with van der Waals surface area (Å²) in [5, 5.41) is 6.74. The number of aromatic nitrogens is 2. The molecule has 0 radical (unpaired) electrons. The Morgan fingerprint density at radius 2 is 1.70 bits per heavy atom. The van der Waals surface area contributed by atoms with Crippen molar-refractivity contribution in [1.82, 2.24) is 9.55 Å². The minimum atomic E-state index is -0.367. The summed E-state index contributed by atoms with van der Waals surface area (Å²) in [5.74, 6) is 0.597. The zero-order valence-corrected chi connectivity index (χ0v) is 17.2. The number of benzene rings is 3. The Labute approximate surface area is 178 Å². The van der Waals surface area contributed by atoms with Gasteiger partial charge in [0.25, 0.3) is 5.56 Å². The van der Waals surface area contributed by atoms with Gasteiger partial charge in [0.05, 0.1) is 16.6 Å². The van der Waals surface area contributed by atoms with Crippen molar-refractivity contribution in [3.8, 4) is 5.69 Å². The van der Waals surface area contributed by atoms with Gasteiger partial charge in [0.15, 0.2) is 0 Å². The van der Waals surface area contributed by atoms with Crippen LogP contribution in [0, 0.1) is 13.8 Å². The van der Waals surface area contributed by atoms with Crippen LogP contribution in [0.25, 0.3) is 16.6 Å². The number of aryl methyl sites for hydroxylation is 2. The molecule has 0 aliphatic carbocycles. The Morgan fingerprint density at radius 1 is 0.967 bits per heavy atom. The van der Waals surface area contributed by atoms with Gasteiger partial charge in [0, 0.05) is 16.4 Å². The van der Waals surface area contributed by atoms with Crippen molar-refractivity contribution in [2.24, 2.45) is 0 Å². The third-order valence-electron chi connectivity index (χ3n) is 4.76. The number of nitrogens with zero attached hydrogens (tertiary/aromatic N) is 2. The Kier molecular flexibility index (Phi) is 5.25. The second-order valence-corrected chi connectivity index (χ2v) is 7.34. The summed E-state index contributed by atoms with van der Waals surface area (Å²) >= 11 is 5.86. The highest BCUT2D eigenvalue weighted by Crippen LogP contribution is 2.21. The molecule has 0 aliphatic rings. The summed E-state index contributed by atoms with van der Waals surface area (Å²) in [4.78, 5) is 29.8. The van der Waals surface area contributed by atoms with Gasteiger partial charge in [0.2, 0.25) is 0 Å². The third kappa shape index (κ3) is 3.90. The summed E-state index contributed by atoms with van der Waals surface area (Å²) in [6.07, 6.45) is 0. The van der Waals surface area contributed by atoms with Gasteiger partial charge >= 0.3 is 6.03 Å². The van der Waals surface area contributed by atoms with E-state index in [1.807, 2.05) is 31.2 Å². The van der Waals surface area contributed by atoms with Crippen molar-refractivity contribution in [1.29, 1.82) is 0 Å². The number of hydrogen-bond acceptors (Lipinski definition) is 3. The monoisotopic (exact) mass is 418 g/mol. The van der Waals surface area contributed by atoms with Crippen molar-refractivity contribution in [3.05, 3.63) is 93.5 Å². The van der Waals surface area contributed by atoms with E-state index in [-0.39, 0.29) is 11.6 Å². The highest BCUT2D eigenvalue weighted by atomic mass is 35.5. The average Bonchev–Trinajstić information content (AvgIpc) is 2.72. The van der Waals surface area contributed by atoms with Crippen LogP contribution in [0.2, 0.25) is 5.02 Å². The van der Waals surface area contributed by atoms with Crippen LogP contribution in [0.1, 0.15) is 11.4 Å².